The molecule has 1 aliphatic rings. The van der Waals surface area contributed by atoms with E-state index in [4.69, 9.17) is 4.74 Å². The van der Waals surface area contributed by atoms with Crippen molar-refractivity contribution in [3.63, 3.8) is 0 Å². The molecule has 118 valence electrons. The highest BCUT2D eigenvalue weighted by Gasteiger charge is 2.27. The average Bonchev–Trinajstić information content (AvgIpc) is 3.05. The summed E-state index contributed by atoms with van der Waals surface area (Å²) in [6.45, 7) is 0. The first-order valence-corrected chi connectivity index (χ1v) is 9.48. The van der Waals surface area contributed by atoms with Gasteiger partial charge in [0.05, 0.1) is 6.20 Å². The molecule has 0 spiro atoms. The number of ether oxygens (including phenoxy) is 1. The van der Waals surface area contributed by atoms with Crippen LogP contribution in [0, 0.1) is 0 Å². The van der Waals surface area contributed by atoms with Gasteiger partial charge in [-0.2, -0.15) is 0 Å². The van der Waals surface area contributed by atoms with E-state index in [-0.39, 0.29) is 12.1 Å². The fourth-order valence-corrected chi connectivity index (χ4v) is 4.82. The Labute approximate surface area is 133 Å². The van der Waals surface area contributed by atoms with Crippen molar-refractivity contribution >= 4 is 21.4 Å². The molecule has 1 saturated carbocycles. The Morgan fingerprint density at radius 2 is 2.05 bits per heavy atom. The molecule has 2 heterocycles. The van der Waals surface area contributed by atoms with Crippen LogP contribution in [0.2, 0.25) is 0 Å². The molecule has 8 heteroatoms. The predicted octanol–water partition coefficient (Wildman–Crippen LogP) is 2.21. The molecule has 1 aliphatic carbocycles. The topological polar surface area (TPSA) is 81.2 Å². The van der Waals surface area contributed by atoms with Gasteiger partial charge in [0.2, 0.25) is 15.9 Å². The van der Waals surface area contributed by atoms with Gasteiger partial charge in [0.15, 0.2) is 0 Å². The van der Waals surface area contributed by atoms with Gasteiger partial charge < -0.3 is 4.74 Å². The molecule has 0 bridgehead atoms. The minimum Gasteiger partial charge on any atom is -0.473 e. The van der Waals surface area contributed by atoms with Gasteiger partial charge in [-0.1, -0.05) is 6.07 Å². The lowest BCUT2D eigenvalue weighted by molar-refractivity contribution is 0.138. The zero-order valence-corrected chi connectivity index (χ0v) is 13.5. The summed E-state index contributed by atoms with van der Waals surface area (Å²) in [5, 5.41) is 1.76. The summed E-state index contributed by atoms with van der Waals surface area (Å²) in [7, 11) is -3.39. The van der Waals surface area contributed by atoms with Crippen molar-refractivity contribution in [3.8, 4) is 5.88 Å². The van der Waals surface area contributed by atoms with E-state index in [9.17, 15) is 8.42 Å². The minimum atomic E-state index is -3.39. The molecule has 0 aliphatic heterocycles. The molecule has 0 saturated heterocycles. The third-order valence-corrected chi connectivity index (χ3v) is 6.50. The van der Waals surface area contributed by atoms with Crippen LogP contribution >= 0.6 is 11.3 Å². The maximum absolute atomic E-state index is 12.2. The number of aromatic nitrogens is 2. The van der Waals surface area contributed by atoms with E-state index in [1.165, 1.54) is 11.3 Å². The predicted molar refractivity (Wildman–Crippen MR) is 83.3 cm³/mol. The number of nitrogens with one attached hydrogen (secondary N) is 1. The van der Waals surface area contributed by atoms with Crippen molar-refractivity contribution < 1.29 is 13.2 Å². The standard InChI is InChI=1S/C14H17N3O3S2/c18-22(19,14-2-1-9-21-14)17-11-3-5-12(6-4-11)20-13-10-15-7-8-16-13/h1-2,7-12,17H,3-6H2. The zero-order valence-electron chi connectivity index (χ0n) is 11.9. The van der Waals surface area contributed by atoms with Gasteiger partial charge in [-0.3, -0.25) is 4.98 Å². The Morgan fingerprint density at radius 3 is 2.68 bits per heavy atom. The molecular formula is C14H17N3O3S2. The van der Waals surface area contributed by atoms with Crippen molar-refractivity contribution in [1.82, 2.24) is 14.7 Å². The van der Waals surface area contributed by atoms with Crippen LogP contribution in [-0.2, 0) is 10.0 Å². The normalized spacial score (nSPS) is 22.4. The monoisotopic (exact) mass is 339 g/mol. The smallest absolute Gasteiger partial charge is 0.250 e. The summed E-state index contributed by atoms with van der Waals surface area (Å²) in [5.41, 5.74) is 0. The van der Waals surface area contributed by atoms with Crippen LogP contribution in [0.15, 0.2) is 40.3 Å². The van der Waals surface area contributed by atoms with Gasteiger partial charge in [0.25, 0.3) is 0 Å². The molecule has 0 atom stereocenters. The maximum atomic E-state index is 12.2. The van der Waals surface area contributed by atoms with E-state index < -0.39 is 10.0 Å². The lowest BCUT2D eigenvalue weighted by Gasteiger charge is -2.28. The fourth-order valence-electron chi connectivity index (χ4n) is 2.51. The molecule has 22 heavy (non-hydrogen) atoms. The third-order valence-electron chi connectivity index (χ3n) is 3.58. The molecular weight excluding hydrogens is 322 g/mol. The first-order valence-electron chi connectivity index (χ1n) is 7.12. The largest absolute Gasteiger partial charge is 0.473 e. The summed E-state index contributed by atoms with van der Waals surface area (Å²) in [6.07, 6.45) is 7.97. The van der Waals surface area contributed by atoms with Gasteiger partial charge in [0, 0.05) is 18.4 Å². The van der Waals surface area contributed by atoms with Crippen LogP contribution in [0.25, 0.3) is 0 Å². The van der Waals surface area contributed by atoms with Gasteiger partial charge in [-0.05, 0) is 37.1 Å². The lowest BCUT2D eigenvalue weighted by Crippen LogP contribution is -2.39. The van der Waals surface area contributed by atoms with Crippen LogP contribution in [0.4, 0.5) is 0 Å². The zero-order chi connectivity index (χ0) is 15.4. The van der Waals surface area contributed by atoms with Gasteiger partial charge in [-0.25, -0.2) is 18.1 Å². The number of hydrogen-bond acceptors (Lipinski definition) is 6. The van der Waals surface area contributed by atoms with Crippen LogP contribution < -0.4 is 9.46 Å². The van der Waals surface area contributed by atoms with Crippen molar-refractivity contribution in [3.05, 3.63) is 36.1 Å². The number of hydrogen-bond donors (Lipinski definition) is 1. The number of thiophene rings is 1. The Balaban J connectivity index is 1.52. The van der Waals surface area contributed by atoms with E-state index in [2.05, 4.69) is 14.7 Å². The molecule has 1 fully saturated rings. The number of sulfonamides is 1. The Hall–Kier alpha value is -1.51. The molecule has 0 radical (unpaired) electrons. The van der Waals surface area contributed by atoms with Gasteiger partial charge in [0.1, 0.15) is 10.3 Å². The second kappa shape index (κ2) is 6.72. The summed E-state index contributed by atoms with van der Waals surface area (Å²) in [6, 6.07) is 3.33. The average molecular weight is 339 g/mol. The van der Waals surface area contributed by atoms with Crippen molar-refractivity contribution in [2.45, 2.75) is 42.0 Å². The highest BCUT2D eigenvalue weighted by atomic mass is 32.2. The van der Waals surface area contributed by atoms with E-state index in [0.717, 1.165) is 25.7 Å². The highest BCUT2D eigenvalue weighted by molar-refractivity contribution is 7.91. The summed E-state index contributed by atoms with van der Waals surface area (Å²) >= 11 is 1.23. The van der Waals surface area contributed by atoms with Crippen molar-refractivity contribution in [1.29, 1.82) is 0 Å². The second-order valence-corrected chi connectivity index (χ2v) is 8.08. The van der Waals surface area contributed by atoms with Gasteiger partial charge >= 0.3 is 0 Å². The Bertz CT molecular complexity index is 681. The SMILES string of the molecule is O=S(=O)(NC1CCC(Oc2cnccn2)CC1)c1cccs1. The van der Waals surface area contributed by atoms with E-state index in [0.29, 0.717) is 10.1 Å². The fraction of sp³-hybridized carbons (Fsp3) is 0.429. The van der Waals surface area contributed by atoms with Gasteiger partial charge in [-0.15, -0.1) is 11.3 Å². The van der Waals surface area contributed by atoms with Crippen LogP contribution in [0.5, 0.6) is 5.88 Å². The molecule has 0 aromatic carbocycles. The maximum Gasteiger partial charge on any atom is 0.250 e. The second-order valence-electron chi connectivity index (χ2n) is 5.19. The molecule has 0 amide bonds. The lowest BCUT2D eigenvalue weighted by atomic mass is 9.94. The molecule has 0 unspecified atom stereocenters. The van der Waals surface area contributed by atoms with Crippen LogP contribution in [-0.4, -0.2) is 30.5 Å². The van der Waals surface area contributed by atoms with Crippen molar-refractivity contribution in [2.24, 2.45) is 0 Å². The van der Waals surface area contributed by atoms with Crippen LogP contribution in [0.3, 0.4) is 0 Å². The third kappa shape index (κ3) is 3.82. The Morgan fingerprint density at radius 1 is 1.23 bits per heavy atom. The van der Waals surface area contributed by atoms with E-state index in [1.807, 2.05) is 0 Å². The Kier molecular flexibility index (Phi) is 4.70. The van der Waals surface area contributed by atoms with Crippen molar-refractivity contribution in [2.75, 3.05) is 0 Å². The quantitative estimate of drug-likeness (QED) is 0.903. The first-order chi connectivity index (χ1) is 10.6. The molecule has 6 nitrogen and oxygen atoms in total. The molecule has 1 N–H and O–H groups in total. The minimum absolute atomic E-state index is 0.0335. The van der Waals surface area contributed by atoms with Crippen LogP contribution in [0.1, 0.15) is 25.7 Å². The molecule has 2 aromatic heterocycles. The first kappa shape index (κ1) is 15.4. The highest BCUT2D eigenvalue weighted by Crippen LogP contribution is 2.24. The molecule has 2 aromatic rings. The number of nitrogens with zero attached hydrogens (tertiary/aromatic N) is 2. The van der Waals surface area contributed by atoms with E-state index >= 15 is 0 Å². The van der Waals surface area contributed by atoms with E-state index in [1.54, 1.807) is 36.1 Å². The summed E-state index contributed by atoms with van der Waals surface area (Å²) < 4.78 is 33.3. The molecule has 3 rings (SSSR count). The summed E-state index contributed by atoms with van der Waals surface area (Å²) in [4.78, 5) is 8.05. The summed E-state index contributed by atoms with van der Waals surface area (Å²) in [5.74, 6) is 0.519. The number of rotatable bonds is 5.